The van der Waals surface area contributed by atoms with Crippen molar-refractivity contribution in [2.24, 2.45) is 0 Å². The van der Waals surface area contributed by atoms with Crippen LogP contribution in [-0.4, -0.2) is 41.7 Å². The van der Waals surface area contributed by atoms with E-state index in [4.69, 9.17) is 4.74 Å². The third-order valence-corrected chi connectivity index (χ3v) is 4.88. The molecule has 0 spiro atoms. The third kappa shape index (κ3) is 4.36. The molecule has 2 aliphatic heterocycles. The molecule has 142 valence electrons. The predicted molar refractivity (Wildman–Crippen MR) is 106 cm³/mol. The number of carbonyl (C=O) groups excluding carboxylic acids is 1. The van der Waals surface area contributed by atoms with Crippen LogP contribution in [0.3, 0.4) is 0 Å². The van der Waals surface area contributed by atoms with Gasteiger partial charge in [0, 0.05) is 42.8 Å². The van der Waals surface area contributed by atoms with Gasteiger partial charge >= 0.3 is 0 Å². The van der Waals surface area contributed by atoms with Crippen molar-refractivity contribution in [1.82, 2.24) is 9.97 Å². The molecule has 0 saturated carbocycles. The first-order chi connectivity index (χ1) is 13.2. The van der Waals surface area contributed by atoms with Gasteiger partial charge in [0.05, 0.1) is 0 Å². The van der Waals surface area contributed by atoms with E-state index in [1.807, 2.05) is 37.3 Å². The molecular formula is C20H25N5O2. The third-order valence-electron chi connectivity index (χ3n) is 4.88. The highest BCUT2D eigenvalue weighted by atomic mass is 16.5. The molecule has 0 bridgehead atoms. The zero-order chi connectivity index (χ0) is 18.6. The number of benzene rings is 1. The van der Waals surface area contributed by atoms with Gasteiger partial charge in [0.15, 0.2) is 0 Å². The number of hydrogen-bond acceptors (Lipinski definition) is 6. The second-order valence-electron chi connectivity index (χ2n) is 7.08. The monoisotopic (exact) mass is 367 g/mol. The molecule has 1 amide bonds. The summed E-state index contributed by atoms with van der Waals surface area (Å²) in [6.45, 7) is 4.68. The number of nitrogens with zero attached hydrogens (tertiary/aromatic N) is 3. The lowest BCUT2D eigenvalue weighted by atomic mass is 10.2. The van der Waals surface area contributed by atoms with E-state index in [9.17, 15) is 4.79 Å². The molecule has 1 unspecified atom stereocenters. The van der Waals surface area contributed by atoms with Crippen LogP contribution in [0.5, 0.6) is 0 Å². The Balaban J connectivity index is 1.41. The van der Waals surface area contributed by atoms with Crippen molar-refractivity contribution in [1.29, 1.82) is 0 Å². The summed E-state index contributed by atoms with van der Waals surface area (Å²) in [5.74, 6) is 1.49. The lowest BCUT2D eigenvalue weighted by Crippen LogP contribution is -2.26. The van der Waals surface area contributed by atoms with E-state index in [1.165, 1.54) is 12.8 Å². The summed E-state index contributed by atoms with van der Waals surface area (Å²) in [6, 6.07) is 9.55. The minimum absolute atomic E-state index is 0.0742. The highest BCUT2D eigenvalue weighted by Crippen LogP contribution is 2.22. The van der Waals surface area contributed by atoms with Gasteiger partial charge in [-0.05, 0) is 56.9 Å². The van der Waals surface area contributed by atoms with Crippen LogP contribution in [0.1, 0.15) is 31.4 Å². The van der Waals surface area contributed by atoms with Crippen molar-refractivity contribution in [3.8, 4) is 0 Å². The van der Waals surface area contributed by atoms with Gasteiger partial charge in [-0.15, -0.1) is 0 Å². The smallest absolute Gasteiger partial charge is 0.253 e. The number of aromatic nitrogens is 2. The summed E-state index contributed by atoms with van der Waals surface area (Å²) < 4.78 is 5.41. The Kier molecular flexibility index (Phi) is 5.20. The zero-order valence-electron chi connectivity index (χ0n) is 15.6. The SMILES string of the molecule is Cc1cc(Nc2ccc(NC(=O)C3CCCO3)cc2)nc(N2CCCC2)n1. The Morgan fingerprint density at radius 1 is 1.11 bits per heavy atom. The van der Waals surface area contributed by atoms with Gasteiger partial charge in [-0.3, -0.25) is 4.79 Å². The maximum absolute atomic E-state index is 12.1. The molecule has 2 fully saturated rings. The molecule has 0 radical (unpaired) electrons. The molecule has 0 aliphatic carbocycles. The average Bonchev–Trinajstić information content (AvgIpc) is 3.37. The summed E-state index contributed by atoms with van der Waals surface area (Å²) in [4.78, 5) is 23.6. The van der Waals surface area contributed by atoms with Crippen molar-refractivity contribution in [2.75, 3.05) is 35.2 Å². The van der Waals surface area contributed by atoms with Crippen LogP contribution in [-0.2, 0) is 9.53 Å². The van der Waals surface area contributed by atoms with E-state index >= 15 is 0 Å². The van der Waals surface area contributed by atoms with Crippen LogP contribution >= 0.6 is 0 Å². The molecular weight excluding hydrogens is 342 g/mol. The Hall–Kier alpha value is -2.67. The molecule has 4 rings (SSSR count). The van der Waals surface area contributed by atoms with Crippen LogP contribution < -0.4 is 15.5 Å². The molecule has 7 heteroatoms. The largest absolute Gasteiger partial charge is 0.368 e. The maximum atomic E-state index is 12.1. The van der Waals surface area contributed by atoms with Gasteiger partial charge in [-0.1, -0.05) is 0 Å². The second kappa shape index (κ2) is 7.92. The number of nitrogens with one attached hydrogen (secondary N) is 2. The summed E-state index contributed by atoms with van der Waals surface area (Å²) in [5.41, 5.74) is 2.61. The maximum Gasteiger partial charge on any atom is 0.253 e. The van der Waals surface area contributed by atoms with Crippen molar-refractivity contribution in [3.63, 3.8) is 0 Å². The standard InChI is InChI=1S/C20H25N5O2/c1-14-13-18(24-20(21-14)25-10-2-3-11-25)22-15-6-8-16(9-7-15)23-19(26)17-5-4-12-27-17/h6-9,13,17H,2-5,10-12H2,1H3,(H,23,26)(H,21,22,24). The summed E-state index contributed by atoms with van der Waals surface area (Å²) >= 11 is 0. The molecule has 2 saturated heterocycles. The normalized spacial score (nSPS) is 19.3. The topological polar surface area (TPSA) is 79.4 Å². The van der Waals surface area contributed by atoms with Gasteiger partial charge in [0.1, 0.15) is 11.9 Å². The number of ether oxygens (including phenoxy) is 1. The van der Waals surface area contributed by atoms with E-state index in [2.05, 4.69) is 25.5 Å². The first kappa shape index (κ1) is 17.7. The number of amides is 1. The molecule has 2 aliphatic rings. The van der Waals surface area contributed by atoms with Crippen LogP contribution in [0.2, 0.25) is 0 Å². The van der Waals surface area contributed by atoms with E-state index in [1.54, 1.807) is 0 Å². The Bertz CT molecular complexity index is 797. The molecule has 3 heterocycles. The molecule has 1 aromatic heterocycles. The minimum atomic E-state index is -0.323. The van der Waals surface area contributed by atoms with Crippen molar-refractivity contribution in [3.05, 3.63) is 36.0 Å². The lowest BCUT2D eigenvalue weighted by molar-refractivity contribution is -0.124. The lowest BCUT2D eigenvalue weighted by Gasteiger charge is -2.17. The van der Waals surface area contributed by atoms with Crippen LogP contribution in [0.25, 0.3) is 0 Å². The Morgan fingerprint density at radius 2 is 1.85 bits per heavy atom. The number of anilines is 4. The number of carbonyl (C=O) groups is 1. The summed E-state index contributed by atoms with van der Waals surface area (Å²) in [7, 11) is 0. The van der Waals surface area contributed by atoms with Gasteiger partial charge in [-0.25, -0.2) is 4.98 Å². The molecule has 1 aromatic carbocycles. The highest BCUT2D eigenvalue weighted by Gasteiger charge is 2.23. The van der Waals surface area contributed by atoms with E-state index in [0.717, 1.165) is 54.8 Å². The Morgan fingerprint density at radius 3 is 2.56 bits per heavy atom. The molecule has 2 aromatic rings. The first-order valence-electron chi connectivity index (χ1n) is 9.57. The fraction of sp³-hybridized carbons (Fsp3) is 0.450. The zero-order valence-corrected chi connectivity index (χ0v) is 15.6. The van der Waals surface area contributed by atoms with Crippen LogP contribution in [0.15, 0.2) is 30.3 Å². The highest BCUT2D eigenvalue weighted by molar-refractivity contribution is 5.94. The number of hydrogen-bond donors (Lipinski definition) is 2. The van der Waals surface area contributed by atoms with Gasteiger partial charge in [-0.2, -0.15) is 4.98 Å². The van der Waals surface area contributed by atoms with E-state index < -0.39 is 0 Å². The summed E-state index contributed by atoms with van der Waals surface area (Å²) in [5, 5.41) is 6.24. The van der Waals surface area contributed by atoms with Crippen molar-refractivity contribution < 1.29 is 9.53 Å². The van der Waals surface area contributed by atoms with Crippen LogP contribution in [0.4, 0.5) is 23.1 Å². The fourth-order valence-electron chi connectivity index (χ4n) is 3.47. The molecule has 27 heavy (non-hydrogen) atoms. The first-order valence-corrected chi connectivity index (χ1v) is 9.57. The second-order valence-corrected chi connectivity index (χ2v) is 7.08. The fourth-order valence-corrected chi connectivity index (χ4v) is 3.47. The van der Waals surface area contributed by atoms with Gasteiger partial charge < -0.3 is 20.3 Å². The molecule has 7 nitrogen and oxygen atoms in total. The Labute approximate surface area is 159 Å². The van der Waals surface area contributed by atoms with Crippen molar-refractivity contribution >= 4 is 29.0 Å². The average molecular weight is 367 g/mol. The van der Waals surface area contributed by atoms with E-state index in [0.29, 0.717) is 6.61 Å². The number of rotatable bonds is 5. The summed E-state index contributed by atoms with van der Waals surface area (Å²) in [6.07, 6.45) is 3.80. The predicted octanol–water partition coefficient (Wildman–Crippen LogP) is 3.25. The molecule has 1 atom stereocenters. The quantitative estimate of drug-likeness (QED) is 0.845. The van der Waals surface area contributed by atoms with Crippen LogP contribution in [0, 0.1) is 6.92 Å². The van der Waals surface area contributed by atoms with E-state index in [-0.39, 0.29) is 12.0 Å². The minimum Gasteiger partial charge on any atom is -0.368 e. The van der Waals surface area contributed by atoms with Crippen molar-refractivity contribution in [2.45, 2.75) is 38.7 Å². The van der Waals surface area contributed by atoms with Gasteiger partial charge in [0.2, 0.25) is 5.95 Å². The van der Waals surface area contributed by atoms with Gasteiger partial charge in [0.25, 0.3) is 5.91 Å². The number of aryl methyl sites for hydroxylation is 1. The molecule has 2 N–H and O–H groups in total.